The number of fused-ring (bicyclic) bond motifs is 1. The highest BCUT2D eigenvalue weighted by atomic mass is 16.5. The fourth-order valence-corrected chi connectivity index (χ4v) is 2.31. The van der Waals surface area contributed by atoms with Crippen molar-refractivity contribution in [2.24, 2.45) is 0 Å². The van der Waals surface area contributed by atoms with Crippen LogP contribution in [0, 0.1) is 6.92 Å². The molecule has 0 aliphatic heterocycles. The molecular weight excluding hydrogens is 260 g/mol. The number of benzene rings is 1. The monoisotopic (exact) mass is 272 g/mol. The Morgan fingerprint density at radius 3 is 2.90 bits per heavy atom. The number of H-pyrrole nitrogens is 1. The van der Waals surface area contributed by atoms with Crippen LogP contribution in [0.4, 0.5) is 0 Å². The number of aromatic carboxylic acids is 1. The van der Waals surface area contributed by atoms with Crippen molar-refractivity contribution in [1.82, 2.24) is 10.1 Å². The van der Waals surface area contributed by atoms with Crippen LogP contribution in [0.5, 0.6) is 5.75 Å². The molecule has 0 saturated carbocycles. The molecule has 0 aliphatic carbocycles. The summed E-state index contributed by atoms with van der Waals surface area (Å²) in [6.45, 7) is 1.89. The normalized spacial score (nSPS) is 10.9. The topological polar surface area (TPSA) is 88.3 Å². The SMILES string of the molecule is COc1cccc2c(-c3cc(C(=O)O)on3)c(C)[nH]c12. The number of aromatic amines is 1. The molecule has 2 N–H and O–H groups in total. The average molecular weight is 272 g/mol. The van der Waals surface area contributed by atoms with E-state index in [9.17, 15) is 4.79 Å². The fourth-order valence-electron chi connectivity index (χ4n) is 2.31. The first-order valence-corrected chi connectivity index (χ1v) is 5.97. The molecule has 2 aromatic heterocycles. The highest BCUT2D eigenvalue weighted by molar-refractivity contribution is 6.00. The van der Waals surface area contributed by atoms with E-state index in [0.717, 1.165) is 27.9 Å². The molecule has 3 aromatic rings. The standard InChI is InChI=1S/C14H12N2O4/c1-7-12(9-6-11(14(17)18)20-16-9)8-4-3-5-10(19-2)13(8)15-7/h3-6,15H,1-2H3,(H,17,18). The summed E-state index contributed by atoms with van der Waals surface area (Å²) in [6, 6.07) is 7.06. The van der Waals surface area contributed by atoms with Crippen molar-refractivity contribution in [2.45, 2.75) is 6.92 Å². The lowest BCUT2D eigenvalue weighted by Crippen LogP contribution is -1.91. The van der Waals surface area contributed by atoms with Gasteiger partial charge >= 0.3 is 5.97 Å². The predicted octanol–water partition coefficient (Wildman–Crippen LogP) is 2.84. The van der Waals surface area contributed by atoms with Crippen molar-refractivity contribution in [3.63, 3.8) is 0 Å². The van der Waals surface area contributed by atoms with Crippen LogP contribution in [0.25, 0.3) is 22.2 Å². The third kappa shape index (κ3) is 1.73. The first-order chi connectivity index (χ1) is 9.61. The van der Waals surface area contributed by atoms with Gasteiger partial charge in [0.15, 0.2) is 0 Å². The molecule has 0 atom stereocenters. The van der Waals surface area contributed by atoms with E-state index in [1.54, 1.807) is 7.11 Å². The van der Waals surface area contributed by atoms with E-state index in [0.29, 0.717) is 5.69 Å². The summed E-state index contributed by atoms with van der Waals surface area (Å²) in [7, 11) is 1.60. The lowest BCUT2D eigenvalue weighted by molar-refractivity contribution is 0.0652. The van der Waals surface area contributed by atoms with E-state index < -0.39 is 5.97 Å². The van der Waals surface area contributed by atoms with Crippen molar-refractivity contribution in [3.8, 4) is 17.0 Å². The van der Waals surface area contributed by atoms with Crippen molar-refractivity contribution < 1.29 is 19.2 Å². The lowest BCUT2D eigenvalue weighted by atomic mass is 10.1. The predicted molar refractivity (Wildman–Crippen MR) is 72.0 cm³/mol. The quantitative estimate of drug-likeness (QED) is 0.765. The molecule has 102 valence electrons. The molecule has 1 aromatic carbocycles. The van der Waals surface area contributed by atoms with Gasteiger partial charge in [-0.2, -0.15) is 0 Å². The molecule has 6 heteroatoms. The van der Waals surface area contributed by atoms with Crippen LogP contribution in [0.3, 0.4) is 0 Å². The number of ether oxygens (including phenoxy) is 1. The van der Waals surface area contributed by atoms with Gasteiger partial charge in [-0.05, 0) is 13.0 Å². The molecule has 0 radical (unpaired) electrons. The fraction of sp³-hybridized carbons (Fsp3) is 0.143. The van der Waals surface area contributed by atoms with Crippen molar-refractivity contribution in [1.29, 1.82) is 0 Å². The second-order valence-corrected chi connectivity index (χ2v) is 4.39. The van der Waals surface area contributed by atoms with E-state index in [-0.39, 0.29) is 5.76 Å². The van der Waals surface area contributed by atoms with Crippen molar-refractivity contribution >= 4 is 16.9 Å². The second-order valence-electron chi connectivity index (χ2n) is 4.39. The summed E-state index contributed by atoms with van der Waals surface area (Å²) in [5.74, 6) is -0.603. The van der Waals surface area contributed by atoms with Crippen LogP contribution in [0.2, 0.25) is 0 Å². The minimum atomic E-state index is -1.14. The molecule has 20 heavy (non-hydrogen) atoms. The molecule has 2 heterocycles. The summed E-state index contributed by atoms with van der Waals surface area (Å²) in [5, 5.41) is 13.6. The summed E-state index contributed by atoms with van der Waals surface area (Å²) in [5.41, 5.74) is 3.02. The van der Waals surface area contributed by atoms with Gasteiger partial charge in [-0.1, -0.05) is 17.3 Å². The zero-order valence-electron chi connectivity index (χ0n) is 10.9. The summed E-state index contributed by atoms with van der Waals surface area (Å²) in [4.78, 5) is 14.1. The van der Waals surface area contributed by atoms with Gasteiger partial charge in [-0.15, -0.1) is 0 Å². The van der Waals surface area contributed by atoms with E-state index >= 15 is 0 Å². The van der Waals surface area contributed by atoms with E-state index in [1.807, 2.05) is 25.1 Å². The Hall–Kier alpha value is -2.76. The molecule has 0 saturated heterocycles. The first-order valence-electron chi connectivity index (χ1n) is 5.97. The number of para-hydroxylation sites is 1. The van der Waals surface area contributed by atoms with Crippen LogP contribution < -0.4 is 4.74 Å². The van der Waals surface area contributed by atoms with Gasteiger partial charge in [0.05, 0.1) is 12.6 Å². The largest absolute Gasteiger partial charge is 0.495 e. The molecule has 0 fully saturated rings. The smallest absolute Gasteiger partial charge is 0.374 e. The van der Waals surface area contributed by atoms with Crippen LogP contribution in [-0.2, 0) is 0 Å². The maximum absolute atomic E-state index is 10.9. The molecule has 0 amide bonds. The third-order valence-electron chi connectivity index (χ3n) is 3.18. The van der Waals surface area contributed by atoms with E-state index in [2.05, 4.69) is 10.1 Å². The Kier molecular flexibility index (Phi) is 2.71. The van der Waals surface area contributed by atoms with Gasteiger partial charge in [0.25, 0.3) is 0 Å². The van der Waals surface area contributed by atoms with Gasteiger partial charge < -0.3 is 19.4 Å². The number of carboxylic acid groups (broad SMARTS) is 1. The van der Waals surface area contributed by atoms with Gasteiger partial charge in [-0.25, -0.2) is 4.79 Å². The number of nitrogens with zero attached hydrogens (tertiary/aromatic N) is 1. The number of carbonyl (C=O) groups is 1. The number of rotatable bonds is 3. The molecular formula is C14H12N2O4. The highest BCUT2D eigenvalue weighted by Gasteiger charge is 2.18. The Bertz CT molecular complexity index is 801. The van der Waals surface area contributed by atoms with Gasteiger partial charge in [0, 0.05) is 22.7 Å². The molecule has 3 rings (SSSR count). The van der Waals surface area contributed by atoms with Crippen LogP contribution >= 0.6 is 0 Å². The summed E-state index contributed by atoms with van der Waals surface area (Å²) < 4.78 is 10.1. The molecule has 0 bridgehead atoms. The first kappa shape index (κ1) is 12.3. The van der Waals surface area contributed by atoms with Crippen LogP contribution in [-0.4, -0.2) is 28.3 Å². The summed E-state index contributed by atoms with van der Waals surface area (Å²) >= 11 is 0. The lowest BCUT2D eigenvalue weighted by Gasteiger charge is -2.00. The number of carboxylic acids is 1. The third-order valence-corrected chi connectivity index (χ3v) is 3.18. The zero-order chi connectivity index (χ0) is 14.3. The number of nitrogens with one attached hydrogen (secondary N) is 1. The molecule has 0 unspecified atom stereocenters. The number of aromatic nitrogens is 2. The molecule has 0 spiro atoms. The number of hydrogen-bond donors (Lipinski definition) is 2. The number of methoxy groups -OCH3 is 1. The van der Waals surface area contributed by atoms with Gasteiger partial charge in [0.2, 0.25) is 5.76 Å². The molecule has 0 aliphatic rings. The summed E-state index contributed by atoms with van der Waals surface area (Å²) in [6.07, 6.45) is 0. The maximum atomic E-state index is 10.9. The Balaban J connectivity index is 2.25. The molecule has 6 nitrogen and oxygen atoms in total. The number of hydrogen-bond acceptors (Lipinski definition) is 4. The Labute approximate surface area is 114 Å². The second kappa shape index (κ2) is 4.41. The number of aryl methyl sites for hydroxylation is 1. The minimum absolute atomic E-state index is 0.184. The average Bonchev–Trinajstić information content (AvgIpc) is 3.01. The van der Waals surface area contributed by atoms with Gasteiger partial charge in [0.1, 0.15) is 11.4 Å². The van der Waals surface area contributed by atoms with Crippen molar-refractivity contribution in [2.75, 3.05) is 7.11 Å². The van der Waals surface area contributed by atoms with Crippen LogP contribution in [0.15, 0.2) is 28.8 Å². The van der Waals surface area contributed by atoms with Crippen molar-refractivity contribution in [3.05, 3.63) is 35.7 Å². The van der Waals surface area contributed by atoms with Crippen LogP contribution in [0.1, 0.15) is 16.2 Å². The minimum Gasteiger partial charge on any atom is -0.495 e. The van der Waals surface area contributed by atoms with E-state index in [1.165, 1.54) is 6.07 Å². The highest BCUT2D eigenvalue weighted by Crippen LogP contribution is 2.35. The van der Waals surface area contributed by atoms with E-state index in [4.69, 9.17) is 14.4 Å². The zero-order valence-corrected chi connectivity index (χ0v) is 10.9. The maximum Gasteiger partial charge on any atom is 0.374 e. The van der Waals surface area contributed by atoms with Gasteiger partial charge in [-0.3, -0.25) is 0 Å². The Morgan fingerprint density at radius 2 is 2.25 bits per heavy atom. The Morgan fingerprint density at radius 1 is 1.45 bits per heavy atom.